The smallest absolute Gasteiger partial charge is 0.110 e. The van der Waals surface area contributed by atoms with Crippen molar-refractivity contribution < 1.29 is 0 Å². The van der Waals surface area contributed by atoms with Gasteiger partial charge in [-0.2, -0.15) is 0 Å². The number of aromatic nitrogens is 2. The van der Waals surface area contributed by atoms with Crippen molar-refractivity contribution in [3.8, 4) is 12.3 Å². The molecule has 2 heteroatoms. The van der Waals surface area contributed by atoms with E-state index >= 15 is 0 Å². The largest absolute Gasteiger partial charge is 0.335 e. The average Bonchev–Trinajstić information content (AvgIpc) is 2.53. The molecular formula is C12H16N2. The molecule has 1 fully saturated rings. The fourth-order valence-corrected chi connectivity index (χ4v) is 2.17. The highest BCUT2D eigenvalue weighted by Gasteiger charge is 2.16. The van der Waals surface area contributed by atoms with E-state index < -0.39 is 0 Å². The number of imidazole rings is 1. The van der Waals surface area contributed by atoms with Gasteiger partial charge in [-0.15, -0.1) is 6.42 Å². The maximum atomic E-state index is 5.30. The van der Waals surface area contributed by atoms with Gasteiger partial charge in [0.15, 0.2) is 0 Å². The number of hydrogen-bond acceptors (Lipinski definition) is 1. The Kier molecular flexibility index (Phi) is 2.88. The van der Waals surface area contributed by atoms with Crippen molar-refractivity contribution in [1.82, 2.24) is 9.97 Å². The summed E-state index contributed by atoms with van der Waals surface area (Å²) in [5.74, 6) is 4.29. The van der Waals surface area contributed by atoms with E-state index in [0.29, 0.717) is 5.92 Å². The zero-order chi connectivity index (χ0) is 9.80. The minimum Gasteiger partial charge on any atom is -0.335 e. The van der Waals surface area contributed by atoms with Gasteiger partial charge in [0.25, 0.3) is 0 Å². The molecule has 1 saturated carbocycles. The van der Waals surface area contributed by atoms with Crippen LogP contribution >= 0.6 is 0 Å². The third-order valence-electron chi connectivity index (χ3n) is 2.99. The zero-order valence-corrected chi connectivity index (χ0v) is 8.42. The van der Waals surface area contributed by atoms with E-state index in [0.717, 1.165) is 11.5 Å². The van der Waals surface area contributed by atoms with Gasteiger partial charge >= 0.3 is 0 Å². The van der Waals surface area contributed by atoms with Crippen LogP contribution in [0.1, 0.15) is 56.0 Å². The van der Waals surface area contributed by atoms with Crippen LogP contribution in [0.2, 0.25) is 0 Å². The van der Waals surface area contributed by atoms with Crippen molar-refractivity contribution in [2.45, 2.75) is 44.4 Å². The Morgan fingerprint density at radius 3 is 2.57 bits per heavy atom. The maximum Gasteiger partial charge on any atom is 0.110 e. The molecule has 0 aliphatic heterocycles. The summed E-state index contributed by atoms with van der Waals surface area (Å²) in [5, 5.41) is 0. The van der Waals surface area contributed by atoms with Gasteiger partial charge in [0.05, 0.1) is 6.20 Å². The van der Waals surface area contributed by atoms with Gasteiger partial charge in [-0.05, 0) is 12.8 Å². The Labute approximate surface area is 85.1 Å². The first-order valence-electron chi connectivity index (χ1n) is 5.41. The van der Waals surface area contributed by atoms with Crippen LogP contribution in [0.5, 0.6) is 0 Å². The summed E-state index contributed by atoms with van der Waals surface area (Å²) in [6, 6.07) is 0. The second kappa shape index (κ2) is 4.32. The first kappa shape index (κ1) is 9.33. The van der Waals surface area contributed by atoms with Crippen molar-refractivity contribution in [3.63, 3.8) is 0 Å². The van der Waals surface area contributed by atoms with Crippen LogP contribution in [0.15, 0.2) is 6.20 Å². The normalized spacial score (nSPS) is 18.8. The van der Waals surface area contributed by atoms with Crippen LogP contribution in [-0.2, 0) is 0 Å². The predicted octanol–water partition coefficient (Wildman–Crippen LogP) is 2.83. The molecule has 0 amide bonds. The fraction of sp³-hybridized carbons (Fsp3) is 0.583. The second-order valence-corrected chi connectivity index (χ2v) is 4.01. The van der Waals surface area contributed by atoms with E-state index in [1.807, 2.05) is 0 Å². The lowest BCUT2D eigenvalue weighted by Gasteiger charge is -2.09. The molecule has 0 spiro atoms. The molecular weight excluding hydrogens is 172 g/mol. The quantitative estimate of drug-likeness (QED) is 0.533. The van der Waals surface area contributed by atoms with E-state index in [2.05, 4.69) is 15.9 Å². The van der Waals surface area contributed by atoms with Gasteiger partial charge in [0, 0.05) is 5.92 Å². The number of hydrogen-bond donors (Lipinski definition) is 1. The summed E-state index contributed by atoms with van der Waals surface area (Å²) in [4.78, 5) is 7.57. The van der Waals surface area contributed by atoms with E-state index in [-0.39, 0.29) is 0 Å². The summed E-state index contributed by atoms with van der Waals surface area (Å²) in [7, 11) is 0. The Hall–Kier alpha value is -1.23. The molecule has 1 N–H and O–H groups in total. The van der Waals surface area contributed by atoms with Gasteiger partial charge in [-0.1, -0.05) is 31.6 Å². The Bertz CT molecular complexity index is 324. The molecule has 0 aromatic carbocycles. The monoisotopic (exact) mass is 188 g/mol. The van der Waals surface area contributed by atoms with Crippen LogP contribution in [0.4, 0.5) is 0 Å². The van der Waals surface area contributed by atoms with E-state index in [1.165, 1.54) is 38.5 Å². The third-order valence-corrected chi connectivity index (χ3v) is 2.99. The number of aromatic amines is 1. The van der Waals surface area contributed by atoms with Crippen LogP contribution in [0, 0.1) is 12.3 Å². The molecule has 0 unspecified atom stereocenters. The van der Waals surface area contributed by atoms with Crippen molar-refractivity contribution in [1.29, 1.82) is 0 Å². The molecule has 2 nitrogen and oxygen atoms in total. The molecule has 1 aliphatic rings. The standard InChI is InChI=1S/C12H16N2/c1-2-11-9-13-12(14-11)10-7-5-3-4-6-8-10/h1,9-10H,3-8H2,(H,13,14). The Morgan fingerprint density at radius 1 is 1.29 bits per heavy atom. The highest BCUT2D eigenvalue weighted by atomic mass is 14.9. The zero-order valence-electron chi connectivity index (χ0n) is 8.42. The van der Waals surface area contributed by atoms with Crippen LogP contribution in [-0.4, -0.2) is 9.97 Å². The highest BCUT2D eigenvalue weighted by molar-refractivity contribution is 5.23. The molecule has 0 bridgehead atoms. The van der Waals surface area contributed by atoms with Gasteiger partial charge in [0.1, 0.15) is 11.5 Å². The number of nitrogens with one attached hydrogen (secondary N) is 1. The summed E-state index contributed by atoms with van der Waals surface area (Å²) in [6.45, 7) is 0. The second-order valence-electron chi connectivity index (χ2n) is 4.01. The third kappa shape index (κ3) is 1.98. The minimum atomic E-state index is 0.611. The Morgan fingerprint density at radius 2 is 2.00 bits per heavy atom. The van der Waals surface area contributed by atoms with Gasteiger partial charge in [-0.25, -0.2) is 4.98 Å². The summed E-state index contributed by atoms with van der Waals surface area (Å²) < 4.78 is 0. The van der Waals surface area contributed by atoms with Crippen molar-refractivity contribution in [2.24, 2.45) is 0 Å². The topological polar surface area (TPSA) is 28.7 Å². The van der Waals surface area contributed by atoms with Gasteiger partial charge in [0.2, 0.25) is 0 Å². The number of rotatable bonds is 1. The molecule has 1 aromatic heterocycles. The first-order valence-corrected chi connectivity index (χ1v) is 5.41. The molecule has 0 saturated heterocycles. The van der Waals surface area contributed by atoms with Crippen molar-refractivity contribution in [2.75, 3.05) is 0 Å². The highest BCUT2D eigenvalue weighted by Crippen LogP contribution is 2.29. The summed E-state index contributed by atoms with van der Waals surface area (Å²) in [5.41, 5.74) is 0.809. The lowest BCUT2D eigenvalue weighted by Crippen LogP contribution is -1.99. The SMILES string of the molecule is C#Cc1cnc(C2CCCCCC2)[nH]1. The lowest BCUT2D eigenvalue weighted by molar-refractivity contribution is 0.566. The Balaban J connectivity index is 2.09. The van der Waals surface area contributed by atoms with Gasteiger partial charge < -0.3 is 4.98 Å². The number of nitrogens with zero attached hydrogens (tertiary/aromatic N) is 1. The predicted molar refractivity (Wildman–Crippen MR) is 57.0 cm³/mol. The number of terminal acetylenes is 1. The molecule has 14 heavy (non-hydrogen) atoms. The van der Waals surface area contributed by atoms with E-state index in [9.17, 15) is 0 Å². The number of H-pyrrole nitrogens is 1. The maximum absolute atomic E-state index is 5.30. The van der Waals surface area contributed by atoms with Crippen LogP contribution in [0.3, 0.4) is 0 Å². The molecule has 0 atom stereocenters. The van der Waals surface area contributed by atoms with Crippen molar-refractivity contribution in [3.05, 3.63) is 17.7 Å². The minimum absolute atomic E-state index is 0.611. The van der Waals surface area contributed by atoms with Crippen LogP contribution < -0.4 is 0 Å². The molecule has 0 radical (unpaired) electrons. The van der Waals surface area contributed by atoms with Crippen molar-refractivity contribution >= 4 is 0 Å². The first-order chi connectivity index (χ1) is 6.90. The lowest BCUT2D eigenvalue weighted by atomic mass is 10.00. The average molecular weight is 188 g/mol. The fourth-order valence-electron chi connectivity index (χ4n) is 2.17. The van der Waals surface area contributed by atoms with E-state index in [4.69, 9.17) is 6.42 Å². The molecule has 1 heterocycles. The molecule has 2 rings (SSSR count). The van der Waals surface area contributed by atoms with Crippen LogP contribution in [0.25, 0.3) is 0 Å². The molecule has 1 aliphatic carbocycles. The molecule has 74 valence electrons. The van der Waals surface area contributed by atoms with E-state index in [1.54, 1.807) is 6.20 Å². The summed E-state index contributed by atoms with van der Waals surface area (Å²) in [6.07, 6.45) is 15.0. The van der Waals surface area contributed by atoms with Gasteiger partial charge in [-0.3, -0.25) is 0 Å². The summed E-state index contributed by atoms with van der Waals surface area (Å²) >= 11 is 0. The molecule has 1 aromatic rings.